The maximum Gasteiger partial charge on any atom is 0.246 e. The van der Waals surface area contributed by atoms with Crippen LogP contribution in [-0.4, -0.2) is 42.9 Å². The van der Waals surface area contributed by atoms with Gasteiger partial charge in [-0.05, 0) is 13.8 Å². The van der Waals surface area contributed by atoms with Gasteiger partial charge in [-0.1, -0.05) is 30.3 Å². The highest BCUT2D eigenvalue weighted by molar-refractivity contribution is 7.09. The number of carbonyl (C=O) groups excluding carboxylic acids is 1. The summed E-state index contributed by atoms with van der Waals surface area (Å²) in [7, 11) is 0. The molecule has 0 unspecified atom stereocenters. The summed E-state index contributed by atoms with van der Waals surface area (Å²) in [6, 6.07) is 10.4. The van der Waals surface area contributed by atoms with Gasteiger partial charge in [-0.2, -0.15) is 5.10 Å². The second-order valence-electron chi connectivity index (χ2n) is 6.46. The fourth-order valence-corrected chi connectivity index (χ4v) is 3.99. The van der Waals surface area contributed by atoms with E-state index in [1.165, 1.54) is 21.8 Å². The number of amides is 1. The molecule has 0 aliphatic carbocycles. The molecule has 1 fully saturated rings. The van der Waals surface area contributed by atoms with E-state index in [4.69, 9.17) is 4.74 Å². The monoisotopic (exact) mass is 373 g/mol. The van der Waals surface area contributed by atoms with Gasteiger partial charge in [-0.25, -0.2) is 10.4 Å². The predicted octanol–water partition coefficient (Wildman–Crippen LogP) is 1.14. The third-order valence-corrected chi connectivity index (χ3v) is 5.40. The van der Waals surface area contributed by atoms with E-state index < -0.39 is 0 Å². The molecule has 26 heavy (non-hydrogen) atoms. The molecule has 1 atom stereocenters. The molecule has 2 N–H and O–H groups in total. The van der Waals surface area contributed by atoms with Gasteiger partial charge in [0, 0.05) is 16.6 Å². The van der Waals surface area contributed by atoms with Crippen LogP contribution < -0.4 is 10.3 Å². The van der Waals surface area contributed by atoms with Crippen molar-refractivity contribution >= 4 is 23.0 Å². The summed E-state index contributed by atoms with van der Waals surface area (Å²) in [5.41, 5.74) is 5.75. The van der Waals surface area contributed by atoms with Crippen molar-refractivity contribution in [1.82, 2.24) is 10.4 Å². The number of aromatic nitrogens is 1. The maximum atomic E-state index is 12.2. The lowest BCUT2D eigenvalue weighted by Gasteiger charge is -2.31. The van der Waals surface area contributed by atoms with Crippen molar-refractivity contribution in [3.05, 3.63) is 52.0 Å². The Hall–Kier alpha value is -2.09. The Bertz CT molecular complexity index is 754. The SMILES string of the molecule is C/C(=N/NC(=O)Cc1nc(C)cs1)[C@H](c1ccccc1)[NH+]1CCOCC1. The molecule has 1 saturated heterocycles. The zero-order chi connectivity index (χ0) is 18.4. The summed E-state index contributed by atoms with van der Waals surface area (Å²) >= 11 is 1.50. The molecule has 1 aliphatic rings. The second kappa shape index (κ2) is 9.02. The zero-order valence-corrected chi connectivity index (χ0v) is 16.0. The first kappa shape index (κ1) is 18.7. The molecule has 0 saturated carbocycles. The molecular weight excluding hydrogens is 348 g/mol. The van der Waals surface area contributed by atoms with Crippen LogP contribution in [0.5, 0.6) is 0 Å². The number of morpholine rings is 1. The molecule has 2 aromatic rings. The Balaban J connectivity index is 1.70. The minimum atomic E-state index is -0.137. The minimum absolute atomic E-state index is 0.113. The Morgan fingerprint density at radius 3 is 2.73 bits per heavy atom. The van der Waals surface area contributed by atoms with Crippen molar-refractivity contribution in [2.45, 2.75) is 26.3 Å². The van der Waals surface area contributed by atoms with Gasteiger partial charge < -0.3 is 9.64 Å². The van der Waals surface area contributed by atoms with Gasteiger partial charge >= 0.3 is 0 Å². The molecule has 2 heterocycles. The van der Waals surface area contributed by atoms with E-state index in [9.17, 15) is 4.79 Å². The van der Waals surface area contributed by atoms with Crippen LogP contribution >= 0.6 is 11.3 Å². The van der Waals surface area contributed by atoms with Crippen LogP contribution in [0.15, 0.2) is 40.8 Å². The molecular formula is C19H25N4O2S+. The molecule has 0 radical (unpaired) electrons. The zero-order valence-electron chi connectivity index (χ0n) is 15.2. The van der Waals surface area contributed by atoms with Crippen LogP contribution in [0, 0.1) is 6.92 Å². The van der Waals surface area contributed by atoms with Gasteiger partial charge in [0.2, 0.25) is 5.91 Å². The fraction of sp³-hybridized carbons (Fsp3) is 0.421. The van der Waals surface area contributed by atoms with Crippen molar-refractivity contribution in [2.75, 3.05) is 26.3 Å². The largest absolute Gasteiger partial charge is 0.370 e. The van der Waals surface area contributed by atoms with Crippen molar-refractivity contribution < 1.29 is 14.4 Å². The van der Waals surface area contributed by atoms with Crippen LogP contribution in [0.4, 0.5) is 0 Å². The minimum Gasteiger partial charge on any atom is -0.370 e. The van der Waals surface area contributed by atoms with Gasteiger partial charge in [0.15, 0.2) is 6.04 Å². The first-order valence-electron chi connectivity index (χ1n) is 8.85. The molecule has 3 rings (SSSR count). The van der Waals surface area contributed by atoms with E-state index in [2.05, 4.69) is 27.6 Å². The van der Waals surface area contributed by atoms with E-state index in [1.54, 1.807) is 0 Å². The van der Waals surface area contributed by atoms with E-state index in [0.29, 0.717) is 0 Å². The Kier molecular flexibility index (Phi) is 6.49. The summed E-state index contributed by atoms with van der Waals surface area (Å²) in [4.78, 5) is 17.9. The summed E-state index contributed by atoms with van der Waals surface area (Å²) < 4.78 is 5.50. The topological polar surface area (TPSA) is 68.0 Å². The summed E-state index contributed by atoms with van der Waals surface area (Å²) in [5.74, 6) is -0.137. The summed E-state index contributed by atoms with van der Waals surface area (Å²) in [6.45, 7) is 7.27. The Morgan fingerprint density at radius 2 is 2.08 bits per heavy atom. The average molecular weight is 374 g/mol. The second-order valence-corrected chi connectivity index (χ2v) is 7.40. The number of aryl methyl sites for hydroxylation is 1. The highest BCUT2D eigenvalue weighted by Gasteiger charge is 2.29. The normalized spacial score (nSPS) is 17.1. The molecule has 6 nitrogen and oxygen atoms in total. The van der Waals surface area contributed by atoms with Crippen LogP contribution in [0.25, 0.3) is 0 Å². The van der Waals surface area contributed by atoms with Crippen LogP contribution in [0.3, 0.4) is 0 Å². The number of benzene rings is 1. The number of nitrogens with zero attached hydrogens (tertiary/aromatic N) is 2. The quantitative estimate of drug-likeness (QED) is 0.589. The first-order chi connectivity index (χ1) is 12.6. The lowest BCUT2D eigenvalue weighted by molar-refractivity contribution is -0.928. The number of quaternary nitrogens is 1. The lowest BCUT2D eigenvalue weighted by Crippen LogP contribution is -3.15. The third-order valence-electron chi connectivity index (χ3n) is 4.43. The Morgan fingerprint density at radius 1 is 1.35 bits per heavy atom. The van der Waals surface area contributed by atoms with Gasteiger partial charge in [-0.15, -0.1) is 11.3 Å². The van der Waals surface area contributed by atoms with E-state index in [0.717, 1.165) is 42.7 Å². The number of carbonyl (C=O) groups is 1. The van der Waals surface area contributed by atoms with Crippen molar-refractivity contribution in [2.24, 2.45) is 5.10 Å². The molecule has 7 heteroatoms. The summed E-state index contributed by atoms with van der Waals surface area (Å²) in [5, 5.41) is 7.17. The molecule has 0 bridgehead atoms. The molecule has 1 amide bonds. The maximum absolute atomic E-state index is 12.2. The highest BCUT2D eigenvalue weighted by Crippen LogP contribution is 2.12. The van der Waals surface area contributed by atoms with Crippen LogP contribution in [-0.2, 0) is 16.0 Å². The van der Waals surface area contributed by atoms with Crippen LogP contribution in [0.1, 0.15) is 29.2 Å². The Labute approximate surface area is 157 Å². The number of nitrogens with one attached hydrogen (secondary N) is 2. The van der Waals surface area contributed by atoms with Gasteiger partial charge in [0.05, 0.1) is 25.3 Å². The van der Waals surface area contributed by atoms with E-state index in [-0.39, 0.29) is 18.4 Å². The smallest absolute Gasteiger partial charge is 0.246 e. The molecule has 0 spiro atoms. The third kappa shape index (κ3) is 4.97. The number of hydrogen-bond acceptors (Lipinski definition) is 5. The van der Waals surface area contributed by atoms with E-state index >= 15 is 0 Å². The van der Waals surface area contributed by atoms with Crippen molar-refractivity contribution in [1.29, 1.82) is 0 Å². The van der Waals surface area contributed by atoms with Crippen molar-refractivity contribution in [3.8, 4) is 0 Å². The number of rotatable bonds is 6. The molecule has 1 aromatic carbocycles. The van der Waals surface area contributed by atoms with Crippen molar-refractivity contribution in [3.63, 3.8) is 0 Å². The molecule has 138 valence electrons. The lowest BCUT2D eigenvalue weighted by atomic mass is 10.0. The molecule has 1 aliphatic heterocycles. The predicted molar refractivity (Wildman–Crippen MR) is 103 cm³/mol. The summed E-state index contributed by atoms with van der Waals surface area (Å²) in [6.07, 6.45) is 0.260. The number of thiazole rings is 1. The molecule has 1 aromatic heterocycles. The van der Waals surface area contributed by atoms with Crippen LogP contribution in [0.2, 0.25) is 0 Å². The first-order valence-corrected chi connectivity index (χ1v) is 9.72. The average Bonchev–Trinajstić information content (AvgIpc) is 3.07. The van der Waals surface area contributed by atoms with Gasteiger partial charge in [0.25, 0.3) is 0 Å². The van der Waals surface area contributed by atoms with E-state index in [1.807, 2.05) is 37.4 Å². The number of hydrazone groups is 1. The fourth-order valence-electron chi connectivity index (χ4n) is 3.22. The van der Waals surface area contributed by atoms with Gasteiger partial charge in [-0.3, -0.25) is 4.79 Å². The highest BCUT2D eigenvalue weighted by atomic mass is 32.1. The standard InChI is InChI=1S/C19H24N4O2S/c1-14-13-26-18(20-14)12-17(24)22-21-15(2)19(16-6-4-3-5-7-16)23-8-10-25-11-9-23/h3-7,13,19H,8-12H2,1-2H3,(H,22,24)/p+1/b21-15-/t19-/m1/s1. The number of ether oxygens (including phenoxy) is 1. The van der Waals surface area contributed by atoms with Gasteiger partial charge in [0.1, 0.15) is 18.1 Å². The number of hydrogen-bond donors (Lipinski definition) is 2.